The van der Waals surface area contributed by atoms with Gasteiger partial charge in [0.2, 0.25) is 0 Å². The quantitative estimate of drug-likeness (QED) is 0.0518. The van der Waals surface area contributed by atoms with Gasteiger partial charge in [-0.3, -0.25) is 19.2 Å². The number of carbonyl (C=O) groups excluding carboxylic acids is 4. The molecule has 4 amide bonds. The van der Waals surface area contributed by atoms with Crippen molar-refractivity contribution in [2.24, 2.45) is 11.8 Å². The molecular weight excluding hydrogens is 1050 g/mol. The molecule has 2 saturated heterocycles. The minimum absolute atomic E-state index is 0.0792. The van der Waals surface area contributed by atoms with Crippen LogP contribution in [0.1, 0.15) is 193 Å². The summed E-state index contributed by atoms with van der Waals surface area (Å²) < 4.78 is 0. The number of aryl methyl sites for hydroxylation is 3. The van der Waals surface area contributed by atoms with Gasteiger partial charge in [-0.15, -0.1) is 0 Å². The van der Waals surface area contributed by atoms with Gasteiger partial charge in [-0.1, -0.05) is 140 Å². The number of unbranched alkanes of at least 4 members (excludes halogenated alkanes) is 4. The number of carbonyl (C=O) groups is 4. The largest absolute Gasteiger partial charge is 0.331 e. The number of likely N-dealkylation sites (tertiary alicyclic amines) is 2. The Balaban J connectivity index is 0.000000244. The minimum Gasteiger partial charge on any atom is -0.331 e. The molecule has 85 heavy (non-hydrogen) atoms. The summed E-state index contributed by atoms with van der Waals surface area (Å²) in [6, 6.07) is 48.8. The smallest absolute Gasteiger partial charge is 0.255 e. The lowest BCUT2D eigenvalue weighted by Gasteiger charge is -2.39. The molecule has 0 atom stereocenters. The van der Waals surface area contributed by atoms with E-state index in [-0.39, 0.29) is 35.7 Å². The first-order valence-electron chi connectivity index (χ1n) is 31.8. The highest BCUT2D eigenvalue weighted by molar-refractivity contribution is 6.05. The van der Waals surface area contributed by atoms with Crippen LogP contribution in [0.5, 0.6) is 0 Å². The summed E-state index contributed by atoms with van der Waals surface area (Å²) in [7, 11) is 0. The third kappa shape index (κ3) is 21.0. The number of hydrogen-bond acceptors (Lipinski definition) is 7. The summed E-state index contributed by atoms with van der Waals surface area (Å²) in [6.45, 7) is 22.9. The van der Waals surface area contributed by atoms with E-state index in [4.69, 9.17) is 5.26 Å². The number of nitriles is 1. The third-order valence-electron chi connectivity index (χ3n) is 16.8. The molecule has 6 aromatic carbocycles. The van der Waals surface area contributed by atoms with Crippen molar-refractivity contribution in [1.82, 2.24) is 19.6 Å². The number of hydrogen-bond donors (Lipinski definition) is 2. The highest BCUT2D eigenvalue weighted by Gasteiger charge is 2.31. The summed E-state index contributed by atoms with van der Waals surface area (Å²) in [5.41, 5.74) is 10.2. The number of benzene rings is 6. The number of amides is 4. The van der Waals surface area contributed by atoms with Crippen molar-refractivity contribution in [3.8, 4) is 6.07 Å². The molecule has 2 fully saturated rings. The molecule has 0 spiro atoms. The summed E-state index contributed by atoms with van der Waals surface area (Å²) >= 11 is 0. The van der Waals surface area contributed by atoms with Crippen LogP contribution in [0.25, 0.3) is 0 Å². The Bertz CT molecular complexity index is 3040. The van der Waals surface area contributed by atoms with Gasteiger partial charge in [-0.05, 0) is 197 Å². The highest BCUT2D eigenvalue weighted by Crippen LogP contribution is 2.27. The maximum Gasteiger partial charge on any atom is 0.255 e. The molecule has 0 aliphatic carbocycles. The summed E-state index contributed by atoms with van der Waals surface area (Å²) in [5.74, 6) is 1.19. The van der Waals surface area contributed by atoms with Gasteiger partial charge in [0.25, 0.3) is 23.6 Å². The number of nitrogens with one attached hydrogen (secondary N) is 2. The number of piperidine rings is 2. The Morgan fingerprint density at radius 2 is 0.894 bits per heavy atom. The van der Waals surface area contributed by atoms with Crippen molar-refractivity contribution < 1.29 is 19.2 Å². The molecule has 11 heteroatoms. The standard InChI is InChI=1S/C37H46N4O2.C37H49N3O2/c1-4-5-6-8-29-11-15-32(16-12-29)37(43)41(35-20-23-40(24-21-35)22-19-28(2)3)27-30-13-17-34(18-14-30)39-36(42)33-10-7-9-31(25-33)26-38;1-5-6-7-8-30-11-17-33(18-12-30)37(42)40(35-22-25-39(26-23-35)24-21-28(2)3)27-31-13-19-34(20-14-31)38-36(41)32-15-9-29(4)10-16-32/h7,9-18,25,28,35H,4-6,8,19-24,27H2,1-3H3,(H,39,42);9-20,28,35H,5-8,21-27H2,1-4H3,(H,38,41). The first kappa shape index (κ1) is 65.2. The summed E-state index contributed by atoms with van der Waals surface area (Å²) in [6.07, 6.45) is 15.7. The summed E-state index contributed by atoms with van der Waals surface area (Å²) in [5, 5.41) is 15.0. The van der Waals surface area contributed by atoms with Crippen LogP contribution in [0.2, 0.25) is 0 Å². The van der Waals surface area contributed by atoms with Gasteiger partial charge in [-0.2, -0.15) is 5.26 Å². The summed E-state index contributed by atoms with van der Waals surface area (Å²) in [4.78, 5) is 62.6. The van der Waals surface area contributed by atoms with Crippen LogP contribution in [0, 0.1) is 30.1 Å². The second-order valence-electron chi connectivity index (χ2n) is 24.5. The average Bonchev–Trinajstić information content (AvgIpc) is 3.72. The van der Waals surface area contributed by atoms with Gasteiger partial charge in [0, 0.05) is 85.0 Å². The Morgan fingerprint density at radius 3 is 1.28 bits per heavy atom. The molecule has 0 radical (unpaired) electrons. The van der Waals surface area contributed by atoms with Crippen LogP contribution < -0.4 is 10.6 Å². The van der Waals surface area contributed by atoms with Crippen molar-refractivity contribution in [1.29, 1.82) is 5.26 Å². The zero-order valence-corrected chi connectivity index (χ0v) is 52.1. The lowest BCUT2D eigenvalue weighted by Crippen LogP contribution is -2.47. The van der Waals surface area contributed by atoms with Gasteiger partial charge in [0.15, 0.2) is 0 Å². The predicted octanol–water partition coefficient (Wildman–Crippen LogP) is 15.8. The van der Waals surface area contributed by atoms with Crippen LogP contribution >= 0.6 is 0 Å². The van der Waals surface area contributed by atoms with Gasteiger partial charge in [0.1, 0.15) is 0 Å². The first-order valence-corrected chi connectivity index (χ1v) is 31.8. The molecule has 0 aromatic heterocycles. The molecule has 8 rings (SSSR count). The van der Waals surface area contributed by atoms with Crippen molar-refractivity contribution >= 4 is 35.0 Å². The predicted molar refractivity (Wildman–Crippen MR) is 348 cm³/mol. The fourth-order valence-electron chi connectivity index (χ4n) is 11.3. The van der Waals surface area contributed by atoms with E-state index >= 15 is 0 Å². The van der Waals surface area contributed by atoms with Crippen molar-refractivity contribution in [2.75, 3.05) is 49.9 Å². The molecule has 0 unspecified atom stereocenters. The van der Waals surface area contributed by atoms with Crippen LogP contribution in [-0.2, 0) is 25.9 Å². The molecule has 2 heterocycles. The molecule has 0 saturated carbocycles. The Morgan fingerprint density at radius 1 is 0.506 bits per heavy atom. The molecule has 2 N–H and O–H groups in total. The maximum absolute atomic E-state index is 14.0. The minimum atomic E-state index is -0.260. The van der Waals surface area contributed by atoms with E-state index in [1.54, 1.807) is 24.3 Å². The van der Waals surface area contributed by atoms with E-state index in [2.05, 4.69) is 102 Å². The van der Waals surface area contributed by atoms with Crippen molar-refractivity contribution in [2.45, 2.75) is 164 Å². The van der Waals surface area contributed by atoms with Crippen LogP contribution in [0.15, 0.2) is 146 Å². The number of anilines is 2. The number of nitrogens with zero attached hydrogens (tertiary/aromatic N) is 5. The van der Waals surface area contributed by atoms with Gasteiger partial charge in [-0.25, -0.2) is 0 Å². The number of rotatable bonds is 26. The molecule has 2 aliphatic rings. The van der Waals surface area contributed by atoms with E-state index in [1.165, 1.54) is 62.5 Å². The molecule has 11 nitrogen and oxygen atoms in total. The lowest BCUT2D eigenvalue weighted by atomic mass is 9.99. The van der Waals surface area contributed by atoms with E-state index < -0.39 is 0 Å². The van der Waals surface area contributed by atoms with Gasteiger partial charge >= 0.3 is 0 Å². The molecular formula is C74H95N7O4. The van der Waals surface area contributed by atoms with Crippen molar-refractivity contribution in [3.63, 3.8) is 0 Å². The fourth-order valence-corrected chi connectivity index (χ4v) is 11.3. The normalized spacial score (nSPS) is 14.1. The SMILES string of the molecule is CCCCCc1ccc(C(=O)N(Cc2ccc(NC(=O)c3ccc(C)cc3)cc2)C2CCN(CCC(C)C)CC2)cc1.CCCCCc1ccc(C(=O)N(Cc2ccc(NC(=O)c3cccc(C#N)c3)cc2)C2CCN(CCC(C)C)CC2)cc1. The second kappa shape index (κ2) is 33.9. The van der Waals surface area contributed by atoms with Crippen LogP contribution in [-0.4, -0.2) is 94.6 Å². The average molecular weight is 1150 g/mol. The fraction of sp³-hybridized carbons (Fsp3) is 0.446. The third-order valence-corrected chi connectivity index (χ3v) is 16.8. The van der Waals surface area contributed by atoms with E-state index in [0.717, 1.165) is 111 Å². The first-order chi connectivity index (χ1) is 41.2. The van der Waals surface area contributed by atoms with E-state index in [0.29, 0.717) is 47.3 Å². The second-order valence-corrected chi connectivity index (χ2v) is 24.5. The van der Waals surface area contributed by atoms with Crippen LogP contribution in [0.3, 0.4) is 0 Å². The monoisotopic (exact) mass is 1150 g/mol. The van der Waals surface area contributed by atoms with Gasteiger partial charge in [0.05, 0.1) is 11.6 Å². The van der Waals surface area contributed by atoms with Crippen LogP contribution in [0.4, 0.5) is 11.4 Å². The van der Waals surface area contributed by atoms with Gasteiger partial charge < -0.3 is 30.2 Å². The lowest BCUT2D eigenvalue weighted by molar-refractivity contribution is 0.0539. The van der Waals surface area contributed by atoms with E-state index in [1.807, 2.05) is 104 Å². The van der Waals surface area contributed by atoms with Crippen molar-refractivity contribution in [3.05, 3.63) is 201 Å². The zero-order chi connectivity index (χ0) is 60.5. The molecule has 0 bridgehead atoms. The molecule has 450 valence electrons. The maximum atomic E-state index is 14.0. The Labute approximate surface area is 509 Å². The van der Waals surface area contributed by atoms with E-state index in [9.17, 15) is 19.2 Å². The Kier molecular flexibility index (Phi) is 26.0. The molecule has 6 aromatic rings. The topological polar surface area (TPSA) is 129 Å². The Hall–Kier alpha value is -7.39. The zero-order valence-electron chi connectivity index (χ0n) is 52.1. The highest BCUT2D eigenvalue weighted by atomic mass is 16.2. The molecule has 2 aliphatic heterocycles.